The van der Waals surface area contributed by atoms with E-state index in [0.717, 1.165) is 11.4 Å². The second-order valence-electron chi connectivity index (χ2n) is 6.64. The second-order valence-corrected chi connectivity index (χ2v) is 6.64. The average molecular weight is 408 g/mol. The summed E-state index contributed by atoms with van der Waals surface area (Å²) in [6, 6.07) is 12.2. The molecule has 0 bridgehead atoms. The zero-order valence-electron chi connectivity index (χ0n) is 17.1. The summed E-state index contributed by atoms with van der Waals surface area (Å²) in [6.45, 7) is 2.38. The van der Waals surface area contributed by atoms with Crippen LogP contribution in [0, 0.1) is 0 Å². The maximum absolute atomic E-state index is 12.2. The standard InChI is InChI=1S/C21H24N6O3/c1-4-30-20(28)18-10-11-27(25-18)17-7-5-6-16(12-17)24-21(29)23-14-15-8-9-19(22-13-15)26(2)3/h5-13H,4,14H2,1-3H3,(H2,23,24,29). The Morgan fingerprint density at radius 2 is 2.00 bits per heavy atom. The lowest BCUT2D eigenvalue weighted by Gasteiger charge is -2.12. The number of carbonyl (C=O) groups is 2. The van der Waals surface area contributed by atoms with Crippen molar-refractivity contribution in [3.8, 4) is 5.69 Å². The molecule has 3 aromatic rings. The molecule has 0 atom stereocenters. The van der Waals surface area contributed by atoms with Crippen molar-refractivity contribution in [2.75, 3.05) is 30.9 Å². The van der Waals surface area contributed by atoms with Crippen molar-refractivity contribution >= 4 is 23.5 Å². The molecular weight excluding hydrogens is 384 g/mol. The maximum atomic E-state index is 12.2. The first-order chi connectivity index (χ1) is 14.5. The lowest BCUT2D eigenvalue weighted by Crippen LogP contribution is -2.28. The van der Waals surface area contributed by atoms with E-state index < -0.39 is 5.97 Å². The van der Waals surface area contributed by atoms with E-state index >= 15 is 0 Å². The number of hydrogen-bond donors (Lipinski definition) is 2. The van der Waals surface area contributed by atoms with Gasteiger partial charge in [-0.05, 0) is 42.8 Å². The molecule has 0 radical (unpaired) electrons. The molecule has 2 heterocycles. The predicted octanol–water partition coefficient (Wildman–Crippen LogP) is 2.83. The van der Waals surface area contributed by atoms with E-state index in [-0.39, 0.29) is 18.3 Å². The summed E-state index contributed by atoms with van der Waals surface area (Å²) in [4.78, 5) is 30.2. The monoisotopic (exact) mass is 408 g/mol. The SMILES string of the molecule is CCOC(=O)c1ccn(-c2cccc(NC(=O)NCc3ccc(N(C)C)nc3)c2)n1. The Kier molecular flexibility index (Phi) is 6.63. The Bertz CT molecular complexity index is 1010. The van der Waals surface area contributed by atoms with Crippen LogP contribution in [0.15, 0.2) is 54.9 Å². The Morgan fingerprint density at radius 1 is 1.17 bits per heavy atom. The molecule has 156 valence electrons. The van der Waals surface area contributed by atoms with Gasteiger partial charge in [-0.25, -0.2) is 19.3 Å². The number of nitrogens with zero attached hydrogens (tertiary/aromatic N) is 4. The number of nitrogens with one attached hydrogen (secondary N) is 2. The van der Waals surface area contributed by atoms with Gasteiger partial charge < -0.3 is 20.3 Å². The smallest absolute Gasteiger partial charge is 0.358 e. The van der Waals surface area contributed by atoms with Crippen LogP contribution < -0.4 is 15.5 Å². The Balaban J connectivity index is 1.59. The van der Waals surface area contributed by atoms with Crippen molar-refractivity contribution in [2.24, 2.45) is 0 Å². The minimum absolute atomic E-state index is 0.224. The van der Waals surface area contributed by atoms with Gasteiger partial charge in [0.2, 0.25) is 0 Å². The third-order valence-corrected chi connectivity index (χ3v) is 4.16. The van der Waals surface area contributed by atoms with Crippen molar-refractivity contribution in [3.63, 3.8) is 0 Å². The van der Waals surface area contributed by atoms with Crippen LogP contribution in [0.3, 0.4) is 0 Å². The van der Waals surface area contributed by atoms with E-state index in [0.29, 0.717) is 17.9 Å². The number of urea groups is 1. The summed E-state index contributed by atoms with van der Waals surface area (Å²) in [5.41, 5.74) is 2.42. The summed E-state index contributed by atoms with van der Waals surface area (Å²) in [7, 11) is 3.84. The first kappa shape index (κ1) is 20.8. The third-order valence-electron chi connectivity index (χ3n) is 4.16. The van der Waals surface area contributed by atoms with Gasteiger partial charge in [0.05, 0.1) is 12.3 Å². The van der Waals surface area contributed by atoms with Crippen LogP contribution in [0.4, 0.5) is 16.3 Å². The molecule has 0 aliphatic carbocycles. The third kappa shape index (κ3) is 5.34. The second kappa shape index (κ2) is 9.55. The molecule has 0 unspecified atom stereocenters. The van der Waals surface area contributed by atoms with Crippen molar-refractivity contribution in [1.29, 1.82) is 0 Å². The normalized spacial score (nSPS) is 10.4. The van der Waals surface area contributed by atoms with Crippen molar-refractivity contribution in [3.05, 3.63) is 66.1 Å². The average Bonchev–Trinajstić information content (AvgIpc) is 3.23. The van der Waals surface area contributed by atoms with Crippen LogP contribution in [0.25, 0.3) is 5.69 Å². The lowest BCUT2D eigenvalue weighted by molar-refractivity contribution is 0.0519. The molecule has 0 fully saturated rings. The molecule has 0 spiro atoms. The summed E-state index contributed by atoms with van der Waals surface area (Å²) >= 11 is 0. The fourth-order valence-corrected chi connectivity index (χ4v) is 2.65. The highest BCUT2D eigenvalue weighted by Crippen LogP contribution is 2.15. The molecule has 1 aromatic carbocycles. The number of pyridine rings is 1. The van der Waals surface area contributed by atoms with Crippen LogP contribution in [0.5, 0.6) is 0 Å². The highest BCUT2D eigenvalue weighted by Gasteiger charge is 2.11. The summed E-state index contributed by atoms with van der Waals surface area (Å²) in [6.07, 6.45) is 3.39. The largest absolute Gasteiger partial charge is 0.461 e. The number of esters is 1. The summed E-state index contributed by atoms with van der Waals surface area (Å²) in [5, 5.41) is 9.81. The fraction of sp³-hybridized carbons (Fsp3) is 0.238. The summed E-state index contributed by atoms with van der Waals surface area (Å²) in [5.74, 6) is 0.378. The molecule has 9 heteroatoms. The van der Waals surface area contributed by atoms with Crippen LogP contribution in [0.2, 0.25) is 0 Å². The topological polar surface area (TPSA) is 101 Å². The number of hydrogen-bond acceptors (Lipinski definition) is 6. The molecule has 2 aromatic heterocycles. The van der Waals surface area contributed by atoms with Gasteiger partial charge in [-0.2, -0.15) is 5.10 Å². The first-order valence-corrected chi connectivity index (χ1v) is 9.46. The van der Waals surface area contributed by atoms with E-state index in [9.17, 15) is 9.59 Å². The van der Waals surface area contributed by atoms with Crippen LogP contribution >= 0.6 is 0 Å². The van der Waals surface area contributed by atoms with Crippen LogP contribution in [-0.4, -0.2) is 47.5 Å². The number of benzene rings is 1. The molecule has 30 heavy (non-hydrogen) atoms. The number of carbonyl (C=O) groups excluding carboxylic acids is 2. The van der Waals surface area contributed by atoms with E-state index in [1.165, 1.54) is 0 Å². The molecule has 9 nitrogen and oxygen atoms in total. The van der Waals surface area contributed by atoms with E-state index in [4.69, 9.17) is 4.74 Å². The molecule has 3 rings (SSSR count). The molecule has 0 saturated heterocycles. The minimum Gasteiger partial charge on any atom is -0.461 e. The van der Waals surface area contributed by atoms with Crippen molar-refractivity contribution in [1.82, 2.24) is 20.1 Å². The maximum Gasteiger partial charge on any atom is 0.358 e. The molecule has 0 aliphatic rings. The van der Waals surface area contributed by atoms with Gasteiger partial charge in [0, 0.05) is 38.7 Å². The molecule has 2 N–H and O–H groups in total. The molecule has 0 aliphatic heterocycles. The van der Waals surface area contributed by atoms with E-state index in [2.05, 4.69) is 20.7 Å². The minimum atomic E-state index is -0.474. The van der Waals surface area contributed by atoms with Gasteiger partial charge >= 0.3 is 12.0 Å². The Labute approximate surface area is 174 Å². The first-order valence-electron chi connectivity index (χ1n) is 9.46. The van der Waals surface area contributed by atoms with E-state index in [1.54, 1.807) is 48.3 Å². The van der Waals surface area contributed by atoms with Crippen molar-refractivity contribution in [2.45, 2.75) is 13.5 Å². The number of ether oxygens (including phenoxy) is 1. The Hall–Kier alpha value is -3.88. The molecule has 2 amide bonds. The highest BCUT2D eigenvalue weighted by molar-refractivity contribution is 5.89. The van der Waals surface area contributed by atoms with Gasteiger partial charge in [-0.1, -0.05) is 12.1 Å². The van der Waals surface area contributed by atoms with E-state index in [1.807, 2.05) is 37.2 Å². The number of amides is 2. The molecular formula is C21H24N6O3. The van der Waals surface area contributed by atoms with Crippen molar-refractivity contribution < 1.29 is 14.3 Å². The lowest BCUT2D eigenvalue weighted by atomic mass is 10.2. The molecule has 0 saturated carbocycles. The number of aromatic nitrogens is 3. The fourth-order valence-electron chi connectivity index (χ4n) is 2.65. The quantitative estimate of drug-likeness (QED) is 0.583. The van der Waals surface area contributed by atoms with Crippen LogP contribution in [0.1, 0.15) is 23.0 Å². The van der Waals surface area contributed by atoms with Gasteiger partial charge in [-0.15, -0.1) is 0 Å². The zero-order chi connectivity index (χ0) is 21.5. The zero-order valence-corrected chi connectivity index (χ0v) is 17.1. The summed E-state index contributed by atoms with van der Waals surface area (Å²) < 4.78 is 6.50. The number of anilines is 2. The number of rotatable bonds is 7. The van der Waals surface area contributed by atoms with Gasteiger partial charge in [0.15, 0.2) is 5.69 Å². The highest BCUT2D eigenvalue weighted by atomic mass is 16.5. The Morgan fingerprint density at radius 3 is 2.70 bits per heavy atom. The van der Waals surface area contributed by atoms with Gasteiger partial charge in [-0.3, -0.25) is 0 Å². The van der Waals surface area contributed by atoms with Gasteiger partial charge in [0.25, 0.3) is 0 Å². The van der Waals surface area contributed by atoms with Gasteiger partial charge in [0.1, 0.15) is 5.82 Å². The predicted molar refractivity (Wildman–Crippen MR) is 114 cm³/mol. The van der Waals surface area contributed by atoms with Crippen LogP contribution in [-0.2, 0) is 11.3 Å².